The number of furan rings is 1. The summed E-state index contributed by atoms with van der Waals surface area (Å²) in [5.74, 6) is 0.0732. The van der Waals surface area contributed by atoms with Gasteiger partial charge in [0.25, 0.3) is 0 Å². The Labute approximate surface area is 144 Å². The van der Waals surface area contributed by atoms with E-state index in [-0.39, 0.29) is 5.91 Å². The molecule has 0 spiro atoms. The summed E-state index contributed by atoms with van der Waals surface area (Å²) in [5.41, 5.74) is 4.01. The van der Waals surface area contributed by atoms with Crippen LogP contribution in [-0.4, -0.2) is 17.9 Å². The molecule has 23 heavy (non-hydrogen) atoms. The van der Waals surface area contributed by atoms with Gasteiger partial charge in [-0.2, -0.15) is 0 Å². The SMILES string of the molecule is Cc1ccc2c(CC(=O)N(C)Cc3ccccc3Br)coc2c1. The number of fused-ring (bicyclic) bond motifs is 1. The minimum Gasteiger partial charge on any atom is -0.464 e. The van der Waals surface area contributed by atoms with Crippen LogP contribution in [0.5, 0.6) is 0 Å². The van der Waals surface area contributed by atoms with Gasteiger partial charge in [0.2, 0.25) is 5.91 Å². The van der Waals surface area contributed by atoms with Crippen molar-refractivity contribution in [2.45, 2.75) is 19.9 Å². The molecule has 0 aliphatic carbocycles. The maximum absolute atomic E-state index is 12.5. The zero-order valence-electron chi connectivity index (χ0n) is 13.2. The monoisotopic (exact) mass is 371 g/mol. The summed E-state index contributed by atoms with van der Waals surface area (Å²) < 4.78 is 6.59. The van der Waals surface area contributed by atoms with E-state index in [4.69, 9.17) is 4.42 Å². The van der Waals surface area contributed by atoms with Crippen LogP contribution < -0.4 is 0 Å². The zero-order valence-corrected chi connectivity index (χ0v) is 14.8. The van der Waals surface area contributed by atoms with E-state index in [1.807, 2.05) is 56.4 Å². The van der Waals surface area contributed by atoms with Crippen molar-refractivity contribution in [1.82, 2.24) is 4.90 Å². The lowest BCUT2D eigenvalue weighted by molar-refractivity contribution is -0.129. The standard InChI is InChI=1S/C19H18BrNO2/c1-13-7-8-16-15(12-23-18(16)9-13)10-19(22)21(2)11-14-5-3-4-6-17(14)20/h3-9,12H,10-11H2,1-2H3. The second-order valence-corrected chi connectivity index (χ2v) is 6.63. The quantitative estimate of drug-likeness (QED) is 0.665. The number of carbonyl (C=O) groups is 1. The molecule has 118 valence electrons. The van der Waals surface area contributed by atoms with E-state index in [9.17, 15) is 4.79 Å². The molecule has 3 aromatic rings. The molecule has 0 saturated heterocycles. The number of aryl methyl sites for hydroxylation is 1. The Balaban J connectivity index is 1.74. The number of hydrogen-bond donors (Lipinski definition) is 0. The Morgan fingerprint density at radius 1 is 1.17 bits per heavy atom. The molecule has 0 fully saturated rings. The van der Waals surface area contributed by atoms with Crippen LogP contribution in [0.1, 0.15) is 16.7 Å². The van der Waals surface area contributed by atoms with Crippen LogP contribution >= 0.6 is 15.9 Å². The van der Waals surface area contributed by atoms with Gasteiger partial charge in [-0.25, -0.2) is 0 Å². The number of nitrogens with zero attached hydrogens (tertiary/aromatic N) is 1. The van der Waals surface area contributed by atoms with E-state index in [1.165, 1.54) is 0 Å². The summed E-state index contributed by atoms with van der Waals surface area (Å²) in [6.07, 6.45) is 2.03. The van der Waals surface area contributed by atoms with Crippen molar-refractivity contribution < 1.29 is 9.21 Å². The van der Waals surface area contributed by atoms with Crippen LogP contribution in [0.4, 0.5) is 0 Å². The number of amides is 1. The molecule has 0 aliphatic rings. The molecule has 4 heteroatoms. The molecular formula is C19H18BrNO2. The summed E-state index contributed by atoms with van der Waals surface area (Å²) in [4.78, 5) is 14.2. The summed E-state index contributed by atoms with van der Waals surface area (Å²) in [7, 11) is 1.83. The average Bonchev–Trinajstić information content (AvgIpc) is 2.91. The fraction of sp³-hybridized carbons (Fsp3) is 0.211. The maximum atomic E-state index is 12.5. The van der Waals surface area contributed by atoms with Crippen molar-refractivity contribution in [3.05, 3.63) is 69.9 Å². The number of likely N-dealkylation sites (N-methyl/N-ethyl adjacent to an activating group) is 1. The summed E-state index contributed by atoms with van der Waals surface area (Å²) >= 11 is 3.52. The predicted molar refractivity (Wildman–Crippen MR) is 95.3 cm³/mol. The van der Waals surface area contributed by atoms with E-state index in [1.54, 1.807) is 11.2 Å². The van der Waals surface area contributed by atoms with Gasteiger partial charge in [-0.15, -0.1) is 0 Å². The Hall–Kier alpha value is -2.07. The molecule has 1 aromatic heterocycles. The fourth-order valence-corrected chi connectivity index (χ4v) is 3.01. The molecule has 3 nitrogen and oxygen atoms in total. The van der Waals surface area contributed by atoms with Crippen LogP contribution in [0.15, 0.2) is 57.6 Å². The van der Waals surface area contributed by atoms with Gasteiger partial charge in [0.05, 0.1) is 12.7 Å². The highest BCUT2D eigenvalue weighted by molar-refractivity contribution is 9.10. The molecule has 2 aromatic carbocycles. The van der Waals surface area contributed by atoms with Gasteiger partial charge in [-0.3, -0.25) is 4.79 Å². The minimum absolute atomic E-state index is 0.0732. The van der Waals surface area contributed by atoms with Crippen LogP contribution in [0, 0.1) is 6.92 Å². The number of carbonyl (C=O) groups excluding carboxylic acids is 1. The van der Waals surface area contributed by atoms with Gasteiger partial charge in [0.1, 0.15) is 5.58 Å². The lowest BCUT2D eigenvalue weighted by Crippen LogP contribution is -2.27. The first-order valence-electron chi connectivity index (χ1n) is 7.48. The molecule has 0 bridgehead atoms. The van der Waals surface area contributed by atoms with Gasteiger partial charge >= 0.3 is 0 Å². The zero-order chi connectivity index (χ0) is 16.4. The lowest BCUT2D eigenvalue weighted by Gasteiger charge is -2.18. The summed E-state index contributed by atoms with van der Waals surface area (Å²) in [6.45, 7) is 2.60. The Morgan fingerprint density at radius 3 is 2.74 bits per heavy atom. The topological polar surface area (TPSA) is 33.5 Å². The first-order chi connectivity index (χ1) is 11.0. The molecule has 0 unspecified atom stereocenters. The molecular weight excluding hydrogens is 354 g/mol. The van der Waals surface area contributed by atoms with Crippen molar-refractivity contribution in [2.75, 3.05) is 7.05 Å². The minimum atomic E-state index is 0.0732. The molecule has 0 aliphatic heterocycles. The van der Waals surface area contributed by atoms with Gasteiger partial charge < -0.3 is 9.32 Å². The van der Waals surface area contributed by atoms with Crippen molar-refractivity contribution >= 4 is 32.8 Å². The third-order valence-corrected chi connectivity index (χ3v) is 4.72. The third kappa shape index (κ3) is 3.48. The highest BCUT2D eigenvalue weighted by Crippen LogP contribution is 2.23. The van der Waals surface area contributed by atoms with Crippen LogP contribution in [0.3, 0.4) is 0 Å². The van der Waals surface area contributed by atoms with E-state index >= 15 is 0 Å². The van der Waals surface area contributed by atoms with Crippen molar-refractivity contribution in [3.8, 4) is 0 Å². The number of rotatable bonds is 4. The van der Waals surface area contributed by atoms with E-state index in [2.05, 4.69) is 15.9 Å². The predicted octanol–water partition coefficient (Wildman–Crippen LogP) is 4.70. The summed E-state index contributed by atoms with van der Waals surface area (Å²) in [6, 6.07) is 14.0. The molecule has 3 rings (SSSR count). The molecule has 0 N–H and O–H groups in total. The molecule has 0 saturated carbocycles. The van der Waals surface area contributed by atoms with Gasteiger partial charge in [-0.1, -0.05) is 46.3 Å². The molecule has 0 atom stereocenters. The highest BCUT2D eigenvalue weighted by Gasteiger charge is 2.15. The van der Waals surface area contributed by atoms with Gasteiger partial charge in [0.15, 0.2) is 0 Å². The fourth-order valence-electron chi connectivity index (χ4n) is 2.60. The Morgan fingerprint density at radius 2 is 1.96 bits per heavy atom. The van der Waals surface area contributed by atoms with Gasteiger partial charge in [0, 0.05) is 29.0 Å². The maximum Gasteiger partial charge on any atom is 0.227 e. The Bertz CT molecular complexity index is 853. The van der Waals surface area contributed by atoms with E-state index in [0.29, 0.717) is 13.0 Å². The van der Waals surface area contributed by atoms with Crippen molar-refractivity contribution in [1.29, 1.82) is 0 Å². The van der Waals surface area contributed by atoms with E-state index in [0.717, 1.165) is 32.1 Å². The third-order valence-electron chi connectivity index (χ3n) is 3.94. The second-order valence-electron chi connectivity index (χ2n) is 5.78. The second kappa shape index (κ2) is 6.59. The number of halogens is 1. The number of hydrogen-bond acceptors (Lipinski definition) is 2. The van der Waals surface area contributed by atoms with Crippen molar-refractivity contribution in [3.63, 3.8) is 0 Å². The lowest BCUT2D eigenvalue weighted by atomic mass is 10.1. The van der Waals surface area contributed by atoms with Crippen LogP contribution in [-0.2, 0) is 17.8 Å². The van der Waals surface area contributed by atoms with Gasteiger partial charge in [-0.05, 0) is 30.2 Å². The van der Waals surface area contributed by atoms with E-state index < -0.39 is 0 Å². The first kappa shape index (κ1) is 15.8. The smallest absolute Gasteiger partial charge is 0.227 e. The molecule has 0 radical (unpaired) electrons. The highest BCUT2D eigenvalue weighted by atomic mass is 79.9. The normalized spacial score (nSPS) is 10.9. The van der Waals surface area contributed by atoms with Crippen LogP contribution in [0.2, 0.25) is 0 Å². The first-order valence-corrected chi connectivity index (χ1v) is 8.28. The van der Waals surface area contributed by atoms with Crippen molar-refractivity contribution in [2.24, 2.45) is 0 Å². The van der Waals surface area contributed by atoms with Crippen LogP contribution in [0.25, 0.3) is 11.0 Å². The largest absolute Gasteiger partial charge is 0.464 e. The summed E-state index contributed by atoms with van der Waals surface area (Å²) in [5, 5.41) is 1.01. The average molecular weight is 372 g/mol. The Kier molecular flexibility index (Phi) is 4.53. The molecule has 1 heterocycles. The molecule has 1 amide bonds. The number of benzene rings is 2.